The summed E-state index contributed by atoms with van der Waals surface area (Å²) in [6.07, 6.45) is 12.6. The van der Waals surface area contributed by atoms with Crippen LogP contribution in [0.4, 0.5) is 0 Å². The maximum absolute atomic E-state index is 6.47. The van der Waals surface area contributed by atoms with Crippen LogP contribution in [-0.2, 0) is 0 Å². The lowest BCUT2D eigenvalue weighted by Crippen LogP contribution is -2.01. The third-order valence-corrected chi connectivity index (χ3v) is 7.76. The summed E-state index contributed by atoms with van der Waals surface area (Å²) in [5.74, 6) is 0. The first-order valence-electron chi connectivity index (χ1n) is 15.2. The summed E-state index contributed by atoms with van der Waals surface area (Å²) < 4.78 is 0. The Kier molecular flexibility index (Phi) is 8.21. The Bertz CT molecular complexity index is 2200. The molecule has 0 atom stereocenters. The van der Waals surface area contributed by atoms with Crippen LogP contribution in [0.3, 0.4) is 0 Å². The van der Waals surface area contributed by atoms with Crippen molar-refractivity contribution in [2.45, 2.75) is 0 Å². The van der Waals surface area contributed by atoms with Gasteiger partial charge in [0.15, 0.2) is 0 Å². The molecule has 0 unspecified atom stereocenters. The smallest absolute Gasteiger partial charge is 0.0900 e. The molecule has 6 nitrogen and oxygen atoms in total. The number of hydrogen-bond donors (Lipinski definition) is 1. The van der Waals surface area contributed by atoms with Gasteiger partial charge in [-0.3, -0.25) is 15.0 Å². The van der Waals surface area contributed by atoms with Gasteiger partial charge < -0.3 is 5.73 Å². The number of allylic oxidation sites excluding steroid dienone is 4. The van der Waals surface area contributed by atoms with Gasteiger partial charge in [-0.1, -0.05) is 67.3 Å². The fraction of sp³-hybridized carbons (Fsp3) is 0. The van der Waals surface area contributed by atoms with Crippen LogP contribution < -0.4 is 5.73 Å². The molecule has 0 radical (unpaired) electrons. The van der Waals surface area contributed by atoms with Crippen LogP contribution in [0.2, 0.25) is 0 Å². The van der Waals surface area contributed by atoms with Gasteiger partial charge in [-0.15, -0.1) is 0 Å². The Morgan fingerprint density at radius 1 is 0.489 bits per heavy atom. The van der Waals surface area contributed by atoms with Crippen molar-refractivity contribution in [2.75, 3.05) is 0 Å². The Hall–Kier alpha value is -6.53. The van der Waals surface area contributed by atoms with Gasteiger partial charge in [-0.05, 0) is 112 Å². The zero-order chi connectivity index (χ0) is 32.0. The van der Waals surface area contributed by atoms with Crippen molar-refractivity contribution in [2.24, 2.45) is 5.73 Å². The summed E-state index contributed by atoms with van der Waals surface area (Å²) in [5.41, 5.74) is 16.6. The molecule has 0 aliphatic heterocycles. The highest BCUT2D eigenvalue weighted by Gasteiger charge is 2.13. The maximum atomic E-state index is 6.47. The van der Waals surface area contributed by atoms with E-state index < -0.39 is 0 Å². The normalized spacial score (nSPS) is 11.6. The van der Waals surface area contributed by atoms with E-state index in [0.717, 1.165) is 67.2 Å². The van der Waals surface area contributed by atoms with Gasteiger partial charge in [0.25, 0.3) is 0 Å². The second-order valence-electron chi connectivity index (χ2n) is 10.9. The van der Waals surface area contributed by atoms with Crippen molar-refractivity contribution in [3.05, 3.63) is 170 Å². The molecular weight excluding hydrogens is 576 g/mol. The van der Waals surface area contributed by atoms with E-state index in [2.05, 4.69) is 76.1 Å². The molecule has 5 aromatic heterocycles. The van der Waals surface area contributed by atoms with Crippen LogP contribution >= 0.6 is 0 Å². The van der Waals surface area contributed by atoms with Crippen molar-refractivity contribution in [1.82, 2.24) is 24.9 Å². The average molecular weight is 607 g/mol. The number of rotatable bonds is 8. The molecule has 0 fully saturated rings. The minimum Gasteiger partial charge on any atom is -0.397 e. The van der Waals surface area contributed by atoms with Crippen molar-refractivity contribution < 1.29 is 0 Å². The van der Waals surface area contributed by atoms with Crippen LogP contribution in [-0.4, -0.2) is 24.9 Å². The fourth-order valence-corrected chi connectivity index (χ4v) is 5.41. The molecule has 7 rings (SSSR count). The largest absolute Gasteiger partial charge is 0.397 e. The zero-order valence-corrected chi connectivity index (χ0v) is 25.5. The summed E-state index contributed by atoms with van der Waals surface area (Å²) in [6.45, 7) is 3.73. The molecule has 0 amide bonds. The first kappa shape index (κ1) is 29.2. The lowest BCUT2D eigenvalue weighted by molar-refractivity contribution is 1.21. The first-order chi connectivity index (χ1) is 23.1. The minimum absolute atomic E-state index is 0.556. The highest BCUT2D eigenvalue weighted by atomic mass is 14.8. The van der Waals surface area contributed by atoms with Crippen LogP contribution in [0.25, 0.3) is 72.9 Å². The molecule has 5 heterocycles. The second-order valence-corrected chi connectivity index (χ2v) is 10.9. The van der Waals surface area contributed by atoms with Crippen LogP contribution in [0, 0.1) is 0 Å². The van der Waals surface area contributed by atoms with Gasteiger partial charge in [-0.2, -0.15) is 0 Å². The maximum Gasteiger partial charge on any atom is 0.0900 e. The zero-order valence-electron chi connectivity index (χ0n) is 25.5. The molecule has 224 valence electrons. The molecule has 0 aliphatic rings. The molecule has 0 saturated carbocycles. The van der Waals surface area contributed by atoms with Gasteiger partial charge in [0.05, 0.1) is 45.6 Å². The number of pyridine rings is 5. The summed E-state index contributed by atoms with van der Waals surface area (Å²) in [6, 6.07) is 38.8. The highest BCUT2D eigenvalue weighted by molar-refractivity contribution is 5.92. The topological polar surface area (TPSA) is 90.5 Å². The molecule has 2 N–H and O–H groups in total. The Morgan fingerprint density at radius 3 is 1.45 bits per heavy atom. The lowest BCUT2D eigenvalue weighted by atomic mass is 9.96. The number of fused-ring (bicyclic) bond motifs is 1. The molecule has 6 heteroatoms. The van der Waals surface area contributed by atoms with Gasteiger partial charge in [0.1, 0.15) is 0 Å². The summed E-state index contributed by atoms with van der Waals surface area (Å²) in [5, 5.41) is 2.24. The first-order valence-corrected chi connectivity index (χ1v) is 15.2. The van der Waals surface area contributed by atoms with Gasteiger partial charge >= 0.3 is 0 Å². The van der Waals surface area contributed by atoms with Crippen LogP contribution in [0.1, 0.15) is 5.69 Å². The number of benzene rings is 2. The van der Waals surface area contributed by atoms with E-state index in [4.69, 9.17) is 15.7 Å². The van der Waals surface area contributed by atoms with Crippen LogP contribution in [0.15, 0.2) is 165 Å². The third kappa shape index (κ3) is 6.48. The average Bonchev–Trinajstić information content (AvgIpc) is 3.15. The Labute approximate surface area is 273 Å². The predicted molar refractivity (Wildman–Crippen MR) is 192 cm³/mol. The van der Waals surface area contributed by atoms with Crippen molar-refractivity contribution >= 4 is 16.5 Å². The highest BCUT2D eigenvalue weighted by Crippen LogP contribution is 2.33. The van der Waals surface area contributed by atoms with Gasteiger partial charge in [-0.25, -0.2) is 9.97 Å². The van der Waals surface area contributed by atoms with E-state index in [1.807, 2.05) is 78.9 Å². The van der Waals surface area contributed by atoms with Gasteiger partial charge in [0, 0.05) is 18.6 Å². The van der Waals surface area contributed by atoms with Crippen molar-refractivity contribution in [1.29, 1.82) is 0 Å². The molecule has 0 spiro atoms. The van der Waals surface area contributed by atoms with E-state index in [1.54, 1.807) is 24.7 Å². The number of nitrogens with zero attached hydrogens (tertiary/aromatic N) is 5. The molecule has 47 heavy (non-hydrogen) atoms. The number of aromatic nitrogens is 5. The van der Waals surface area contributed by atoms with Gasteiger partial charge in [0.2, 0.25) is 0 Å². The quantitative estimate of drug-likeness (QED) is 0.174. The Morgan fingerprint density at radius 2 is 0.979 bits per heavy atom. The summed E-state index contributed by atoms with van der Waals surface area (Å²) in [4.78, 5) is 23.4. The fourth-order valence-electron chi connectivity index (χ4n) is 5.41. The van der Waals surface area contributed by atoms with E-state index in [9.17, 15) is 0 Å². The SMILES string of the molecule is C=C/C=C\C=C(/N)c1cc(-c2ccc3cc(-c4cc(-c5ccccn5)nc(-c5ccccn5)c4)ccc3c2)cc(-c2ccccn2)n1. The second kappa shape index (κ2) is 13.2. The molecule has 7 aromatic rings. The number of hydrogen-bond acceptors (Lipinski definition) is 6. The molecular formula is C41H30N6. The van der Waals surface area contributed by atoms with E-state index in [0.29, 0.717) is 11.4 Å². The summed E-state index contributed by atoms with van der Waals surface area (Å²) in [7, 11) is 0. The van der Waals surface area contributed by atoms with Crippen molar-refractivity contribution in [3.8, 4) is 56.4 Å². The monoisotopic (exact) mass is 606 g/mol. The van der Waals surface area contributed by atoms with Crippen LogP contribution in [0.5, 0.6) is 0 Å². The molecule has 0 aliphatic carbocycles. The standard InChI is InChI=1S/C41H30N6/c1-2-3-4-11-34(42)38-24-32(25-39(46-38)35-12-5-8-19-43-35)30-17-15-29-23-31(18-16-28(29)22-30)33-26-40(36-13-6-9-20-44-36)47-41(27-33)37-14-7-10-21-45-37/h2-27H,1,42H2/b4-3-,34-11-. The van der Waals surface area contributed by atoms with E-state index in [-0.39, 0.29) is 0 Å². The minimum atomic E-state index is 0.556. The Balaban J connectivity index is 1.30. The number of nitrogens with two attached hydrogens (primary N) is 1. The molecule has 0 saturated heterocycles. The van der Waals surface area contributed by atoms with E-state index in [1.165, 1.54) is 0 Å². The van der Waals surface area contributed by atoms with Crippen molar-refractivity contribution in [3.63, 3.8) is 0 Å². The lowest BCUT2D eigenvalue weighted by Gasteiger charge is -2.12. The third-order valence-electron chi connectivity index (χ3n) is 7.76. The molecule has 2 aromatic carbocycles. The van der Waals surface area contributed by atoms with E-state index >= 15 is 0 Å². The summed E-state index contributed by atoms with van der Waals surface area (Å²) >= 11 is 0. The molecule has 0 bridgehead atoms. The predicted octanol–water partition coefficient (Wildman–Crippen LogP) is 9.19.